The third-order valence-corrected chi connectivity index (χ3v) is 5.67. The van der Waals surface area contributed by atoms with Crippen LogP contribution in [0.15, 0.2) is 24.3 Å². The molecule has 2 fully saturated rings. The predicted octanol–water partition coefficient (Wildman–Crippen LogP) is 2.22. The zero-order valence-electron chi connectivity index (χ0n) is 12.5. The molecule has 1 aromatic rings. The van der Waals surface area contributed by atoms with Gasteiger partial charge < -0.3 is 14.7 Å². The molecule has 4 rings (SSSR count). The molecule has 5 heteroatoms. The molecule has 5 nitrogen and oxygen atoms in total. The number of aliphatic carboxylic acids is 1. The van der Waals surface area contributed by atoms with Gasteiger partial charge >= 0.3 is 5.97 Å². The van der Waals surface area contributed by atoms with E-state index in [0.29, 0.717) is 0 Å². The van der Waals surface area contributed by atoms with Gasteiger partial charge in [0.1, 0.15) is 11.7 Å². The van der Waals surface area contributed by atoms with Gasteiger partial charge in [0.15, 0.2) is 5.72 Å². The summed E-state index contributed by atoms with van der Waals surface area (Å²) in [5.74, 6) is -1.86. The number of likely N-dealkylation sites (tertiary alicyclic amines) is 1. The summed E-state index contributed by atoms with van der Waals surface area (Å²) in [5, 5.41) is 9.66. The minimum Gasteiger partial charge on any atom is -0.481 e. The third kappa shape index (κ3) is 1.54. The fraction of sp³-hybridized carbons (Fsp3) is 0.529. The van der Waals surface area contributed by atoms with Gasteiger partial charge in [0.2, 0.25) is 5.91 Å². The van der Waals surface area contributed by atoms with Gasteiger partial charge in [-0.2, -0.15) is 0 Å². The van der Waals surface area contributed by atoms with Crippen molar-refractivity contribution in [2.45, 2.75) is 37.3 Å². The molecule has 3 aliphatic rings. The first-order valence-electron chi connectivity index (χ1n) is 7.85. The number of para-hydroxylation sites is 1. The summed E-state index contributed by atoms with van der Waals surface area (Å²) < 4.78 is 6.32. The Morgan fingerprint density at radius 1 is 1.36 bits per heavy atom. The van der Waals surface area contributed by atoms with E-state index in [0.717, 1.165) is 37.0 Å². The maximum Gasteiger partial charge on any atom is 0.316 e. The predicted molar refractivity (Wildman–Crippen MR) is 78.4 cm³/mol. The van der Waals surface area contributed by atoms with E-state index in [1.54, 1.807) is 11.9 Å². The molecule has 2 bridgehead atoms. The van der Waals surface area contributed by atoms with Crippen molar-refractivity contribution in [1.82, 2.24) is 4.90 Å². The highest BCUT2D eigenvalue weighted by Gasteiger charge is 2.63. The lowest BCUT2D eigenvalue weighted by Gasteiger charge is -2.59. The number of benzene rings is 1. The monoisotopic (exact) mass is 301 g/mol. The lowest BCUT2D eigenvalue weighted by atomic mass is 9.61. The van der Waals surface area contributed by atoms with Crippen molar-refractivity contribution in [2.75, 3.05) is 7.05 Å². The van der Waals surface area contributed by atoms with Crippen molar-refractivity contribution in [3.05, 3.63) is 29.8 Å². The number of carbonyl (C=O) groups is 2. The van der Waals surface area contributed by atoms with Gasteiger partial charge in [-0.1, -0.05) is 24.6 Å². The number of carboxylic acid groups (broad SMARTS) is 1. The molecule has 1 aromatic carbocycles. The number of carboxylic acids is 1. The fourth-order valence-electron chi connectivity index (χ4n) is 4.70. The van der Waals surface area contributed by atoms with Gasteiger partial charge in [-0.15, -0.1) is 0 Å². The lowest BCUT2D eigenvalue weighted by molar-refractivity contribution is -0.204. The molecule has 4 atom stereocenters. The first-order chi connectivity index (χ1) is 10.6. The average molecular weight is 301 g/mol. The summed E-state index contributed by atoms with van der Waals surface area (Å²) in [5.41, 5.74) is 0.208. The quantitative estimate of drug-likeness (QED) is 0.808. The second kappa shape index (κ2) is 4.48. The van der Waals surface area contributed by atoms with Crippen LogP contribution in [0.1, 0.15) is 37.2 Å². The Balaban J connectivity index is 1.96. The zero-order chi connectivity index (χ0) is 15.5. The minimum atomic E-state index is -1.03. The van der Waals surface area contributed by atoms with E-state index in [4.69, 9.17) is 4.74 Å². The van der Waals surface area contributed by atoms with Crippen LogP contribution in [0.25, 0.3) is 0 Å². The second-order valence-corrected chi connectivity index (χ2v) is 6.58. The first-order valence-corrected chi connectivity index (χ1v) is 7.85. The zero-order valence-corrected chi connectivity index (χ0v) is 12.5. The average Bonchev–Trinajstić information content (AvgIpc) is 2.52. The Labute approximate surface area is 128 Å². The highest BCUT2D eigenvalue weighted by molar-refractivity contribution is 5.99. The van der Waals surface area contributed by atoms with Crippen molar-refractivity contribution in [3.8, 4) is 5.75 Å². The summed E-state index contributed by atoms with van der Waals surface area (Å²) in [6.45, 7) is 0. The molecule has 1 saturated carbocycles. The number of piperidine rings is 1. The standard InChI is InChI=1S/C17H19NO4/c1-18-15(19)14(16(20)21)13-10-6-2-3-8-12(10)22-17(18)9-5-4-7-11(13)17/h2-3,6,8,11,13-14H,4-5,7,9H2,1H3,(H,20,21)/t11-,13-,14+,17+/m0/s1. The van der Waals surface area contributed by atoms with Gasteiger partial charge in [0.05, 0.1) is 0 Å². The van der Waals surface area contributed by atoms with Crippen molar-refractivity contribution >= 4 is 11.9 Å². The number of ether oxygens (including phenoxy) is 1. The molecule has 0 radical (unpaired) electrons. The van der Waals surface area contributed by atoms with Crippen LogP contribution in [0.3, 0.4) is 0 Å². The molecule has 22 heavy (non-hydrogen) atoms. The Morgan fingerprint density at radius 2 is 2.14 bits per heavy atom. The van der Waals surface area contributed by atoms with Crippen molar-refractivity contribution in [2.24, 2.45) is 11.8 Å². The molecule has 0 unspecified atom stereocenters. The van der Waals surface area contributed by atoms with Crippen molar-refractivity contribution in [3.63, 3.8) is 0 Å². The number of amides is 1. The Hall–Kier alpha value is -2.04. The Morgan fingerprint density at radius 3 is 2.91 bits per heavy atom. The van der Waals surface area contributed by atoms with E-state index in [1.807, 2.05) is 24.3 Å². The van der Waals surface area contributed by atoms with Crippen LogP contribution in [0.5, 0.6) is 5.75 Å². The van der Waals surface area contributed by atoms with E-state index in [-0.39, 0.29) is 17.7 Å². The SMILES string of the molecule is CN1C(=O)[C@H](C(=O)O)[C@H]2c3ccccc3O[C@@]13CCCC[C@@H]23. The Bertz CT molecular complexity index is 658. The summed E-state index contributed by atoms with van der Waals surface area (Å²) in [6.07, 6.45) is 3.74. The number of rotatable bonds is 1. The van der Waals surface area contributed by atoms with Crippen LogP contribution in [-0.4, -0.2) is 34.7 Å². The summed E-state index contributed by atoms with van der Waals surface area (Å²) in [6, 6.07) is 7.58. The smallest absolute Gasteiger partial charge is 0.316 e. The van der Waals surface area contributed by atoms with Gasteiger partial charge in [0.25, 0.3) is 0 Å². The highest BCUT2D eigenvalue weighted by Crippen LogP contribution is 2.58. The molecule has 0 aromatic heterocycles. The lowest BCUT2D eigenvalue weighted by Crippen LogP contribution is -2.69. The first kappa shape index (κ1) is 13.6. The molecule has 0 spiro atoms. The van der Waals surface area contributed by atoms with Crippen LogP contribution in [0.4, 0.5) is 0 Å². The van der Waals surface area contributed by atoms with Gasteiger partial charge in [-0.3, -0.25) is 9.59 Å². The number of hydrogen-bond acceptors (Lipinski definition) is 3. The highest BCUT2D eigenvalue weighted by atomic mass is 16.5. The third-order valence-electron chi connectivity index (χ3n) is 5.67. The number of carbonyl (C=O) groups excluding carboxylic acids is 1. The molecule has 1 aliphatic carbocycles. The van der Waals surface area contributed by atoms with Crippen molar-refractivity contribution in [1.29, 1.82) is 0 Å². The van der Waals surface area contributed by atoms with E-state index in [1.165, 1.54) is 0 Å². The second-order valence-electron chi connectivity index (χ2n) is 6.58. The normalized spacial score (nSPS) is 36.1. The van der Waals surface area contributed by atoms with Crippen LogP contribution in [0, 0.1) is 11.8 Å². The summed E-state index contributed by atoms with van der Waals surface area (Å²) >= 11 is 0. The van der Waals surface area contributed by atoms with Gasteiger partial charge in [-0.25, -0.2) is 0 Å². The molecule has 1 amide bonds. The maximum atomic E-state index is 12.7. The molecule has 116 valence electrons. The summed E-state index contributed by atoms with van der Waals surface area (Å²) in [7, 11) is 1.70. The van der Waals surface area contributed by atoms with E-state index < -0.39 is 17.6 Å². The maximum absolute atomic E-state index is 12.7. The van der Waals surface area contributed by atoms with E-state index >= 15 is 0 Å². The van der Waals surface area contributed by atoms with Gasteiger partial charge in [0, 0.05) is 25.3 Å². The molecule has 1 saturated heterocycles. The van der Waals surface area contributed by atoms with Crippen molar-refractivity contribution < 1.29 is 19.4 Å². The molecule has 1 N–H and O–H groups in total. The summed E-state index contributed by atoms with van der Waals surface area (Å²) in [4.78, 5) is 26.1. The molecular weight excluding hydrogens is 282 g/mol. The number of hydrogen-bond donors (Lipinski definition) is 1. The molecule has 2 aliphatic heterocycles. The topological polar surface area (TPSA) is 66.8 Å². The Kier molecular flexibility index (Phi) is 2.77. The molecule has 2 heterocycles. The largest absolute Gasteiger partial charge is 0.481 e. The van der Waals surface area contributed by atoms with E-state index in [9.17, 15) is 14.7 Å². The minimum absolute atomic E-state index is 0.0555. The number of nitrogens with zero attached hydrogens (tertiary/aromatic N) is 1. The van der Waals surface area contributed by atoms with Crippen LogP contribution in [-0.2, 0) is 9.59 Å². The van der Waals surface area contributed by atoms with E-state index in [2.05, 4.69) is 0 Å². The number of fused-ring (bicyclic) bond motifs is 2. The van der Waals surface area contributed by atoms with Crippen LogP contribution >= 0.6 is 0 Å². The van der Waals surface area contributed by atoms with Gasteiger partial charge in [-0.05, 0) is 24.5 Å². The molecular formula is C17H19NO4. The van der Waals surface area contributed by atoms with Crippen LogP contribution in [0.2, 0.25) is 0 Å². The van der Waals surface area contributed by atoms with Crippen LogP contribution < -0.4 is 4.74 Å². The fourth-order valence-corrected chi connectivity index (χ4v) is 4.70.